The number of nitrogens with zero attached hydrogens (tertiary/aromatic N) is 1. The Morgan fingerprint density at radius 2 is 2.07 bits per heavy atom. The number of nitrogens with two attached hydrogens (primary N) is 1. The van der Waals surface area contributed by atoms with Crippen LogP contribution in [0.3, 0.4) is 0 Å². The van der Waals surface area contributed by atoms with Crippen LogP contribution in [0.4, 0.5) is 0 Å². The van der Waals surface area contributed by atoms with Crippen molar-refractivity contribution in [2.24, 2.45) is 10.9 Å². The third-order valence-electron chi connectivity index (χ3n) is 1.77. The second-order valence-electron chi connectivity index (χ2n) is 2.88. The minimum absolute atomic E-state index is 0.0399. The van der Waals surface area contributed by atoms with Gasteiger partial charge in [0, 0.05) is 22.0 Å². The molecule has 1 aromatic carbocycles. The highest BCUT2D eigenvalue weighted by molar-refractivity contribution is 7.84. The van der Waals surface area contributed by atoms with Gasteiger partial charge in [-0.2, -0.15) is 0 Å². The lowest BCUT2D eigenvalue weighted by atomic mass is 10.2. The van der Waals surface area contributed by atoms with Gasteiger partial charge in [-0.1, -0.05) is 23.4 Å². The Balaban J connectivity index is 2.81. The summed E-state index contributed by atoms with van der Waals surface area (Å²) in [6.07, 6.45) is 4.82. The molecule has 1 rings (SSSR count). The third-order valence-corrected chi connectivity index (χ3v) is 2.71. The zero-order valence-electron chi connectivity index (χ0n) is 8.25. The summed E-state index contributed by atoms with van der Waals surface area (Å²) in [5.74, 6) is 0.0399. The van der Waals surface area contributed by atoms with Crippen molar-refractivity contribution in [3.8, 4) is 0 Å². The fourth-order valence-corrected chi connectivity index (χ4v) is 1.50. The van der Waals surface area contributed by atoms with Crippen LogP contribution in [-0.2, 0) is 10.8 Å². The first-order valence-electron chi connectivity index (χ1n) is 4.22. The van der Waals surface area contributed by atoms with Gasteiger partial charge in [-0.05, 0) is 23.8 Å². The van der Waals surface area contributed by atoms with Gasteiger partial charge in [0.15, 0.2) is 5.84 Å². The van der Waals surface area contributed by atoms with Crippen LogP contribution in [0.5, 0.6) is 0 Å². The SMILES string of the molecule is CS(=O)c1ccc(/C=C/C(N)=NO)cc1. The summed E-state index contributed by atoms with van der Waals surface area (Å²) >= 11 is 0. The molecule has 0 bridgehead atoms. The van der Waals surface area contributed by atoms with E-state index in [2.05, 4.69) is 5.16 Å². The molecule has 1 atom stereocenters. The van der Waals surface area contributed by atoms with E-state index in [1.54, 1.807) is 24.5 Å². The summed E-state index contributed by atoms with van der Waals surface area (Å²) in [6.45, 7) is 0. The van der Waals surface area contributed by atoms with Crippen LogP contribution >= 0.6 is 0 Å². The molecule has 5 heteroatoms. The average molecular weight is 224 g/mol. The summed E-state index contributed by atoms with van der Waals surface area (Å²) in [6, 6.07) is 7.19. The fourth-order valence-electron chi connectivity index (χ4n) is 0.986. The molecule has 4 nitrogen and oxygen atoms in total. The Morgan fingerprint density at radius 3 is 2.53 bits per heavy atom. The molecule has 0 fully saturated rings. The Morgan fingerprint density at radius 1 is 1.47 bits per heavy atom. The summed E-state index contributed by atoms with van der Waals surface area (Å²) < 4.78 is 11.1. The predicted molar refractivity (Wildman–Crippen MR) is 61.2 cm³/mol. The molecular weight excluding hydrogens is 212 g/mol. The number of rotatable bonds is 3. The highest BCUT2D eigenvalue weighted by Crippen LogP contribution is 2.08. The van der Waals surface area contributed by atoms with E-state index < -0.39 is 10.8 Å². The molecule has 0 heterocycles. The maximum atomic E-state index is 11.1. The van der Waals surface area contributed by atoms with Crippen LogP contribution in [0, 0.1) is 0 Å². The van der Waals surface area contributed by atoms with E-state index in [-0.39, 0.29) is 5.84 Å². The van der Waals surface area contributed by atoms with Crippen molar-refractivity contribution in [3.63, 3.8) is 0 Å². The molecule has 80 valence electrons. The van der Waals surface area contributed by atoms with Crippen molar-refractivity contribution in [2.45, 2.75) is 4.90 Å². The van der Waals surface area contributed by atoms with E-state index in [9.17, 15) is 4.21 Å². The molecule has 15 heavy (non-hydrogen) atoms. The van der Waals surface area contributed by atoms with E-state index in [0.29, 0.717) is 0 Å². The van der Waals surface area contributed by atoms with E-state index in [4.69, 9.17) is 10.9 Å². The number of amidine groups is 1. The average Bonchev–Trinajstić information content (AvgIpc) is 2.26. The van der Waals surface area contributed by atoms with Gasteiger partial charge in [0.25, 0.3) is 0 Å². The minimum atomic E-state index is -0.964. The molecule has 3 N–H and O–H groups in total. The Kier molecular flexibility index (Phi) is 4.05. The summed E-state index contributed by atoms with van der Waals surface area (Å²) in [4.78, 5) is 0.774. The summed E-state index contributed by atoms with van der Waals surface area (Å²) in [5, 5.41) is 11.1. The first kappa shape index (κ1) is 11.5. The van der Waals surface area contributed by atoms with Gasteiger partial charge >= 0.3 is 0 Å². The highest BCUT2D eigenvalue weighted by Gasteiger charge is 1.95. The lowest BCUT2D eigenvalue weighted by molar-refractivity contribution is 0.319. The van der Waals surface area contributed by atoms with Gasteiger partial charge in [-0.25, -0.2) is 0 Å². The molecule has 0 aliphatic rings. The van der Waals surface area contributed by atoms with Crippen LogP contribution < -0.4 is 5.73 Å². The molecule has 1 unspecified atom stereocenters. The lowest BCUT2D eigenvalue weighted by Gasteiger charge is -1.96. The zero-order valence-corrected chi connectivity index (χ0v) is 9.07. The quantitative estimate of drug-likeness (QED) is 0.350. The molecule has 0 amide bonds. The van der Waals surface area contributed by atoms with Crippen LogP contribution in [0.15, 0.2) is 40.4 Å². The topological polar surface area (TPSA) is 75.7 Å². The van der Waals surface area contributed by atoms with Gasteiger partial charge < -0.3 is 10.9 Å². The van der Waals surface area contributed by atoms with Crippen LogP contribution in [0.2, 0.25) is 0 Å². The Labute approximate surface area is 90.6 Å². The number of hydrogen-bond acceptors (Lipinski definition) is 3. The van der Waals surface area contributed by atoms with Crippen LogP contribution in [0.1, 0.15) is 5.56 Å². The Hall–Kier alpha value is -1.62. The minimum Gasteiger partial charge on any atom is -0.409 e. The number of hydrogen-bond donors (Lipinski definition) is 2. The van der Waals surface area contributed by atoms with Gasteiger partial charge in [0.2, 0.25) is 0 Å². The summed E-state index contributed by atoms with van der Waals surface area (Å²) in [5.41, 5.74) is 6.16. The van der Waals surface area contributed by atoms with Gasteiger partial charge in [0.05, 0.1) is 0 Å². The molecule has 1 aromatic rings. The zero-order chi connectivity index (χ0) is 11.3. The van der Waals surface area contributed by atoms with E-state index in [1.165, 1.54) is 6.08 Å². The fraction of sp³-hybridized carbons (Fsp3) is 0.100. The normalized spacial score (nSPS) is 14.3. The highest BCUT2D eigenvalue weighted by atomic mass is 32.2. The molecule has 0 aromatic heterocycles. The second kappa shape index (κ2) is 5.31. The van der Waals surface area contributed by atoms with Crippen molar-refractivity contribution in [2.75, 3.05) is 6.26 Å². The second-order valence-corrected chi connectivity index (χ2v) is 4.26. The smallest absolute Gasteiger partial charge is 0.162 e. The van der Waals surface area contributed by atoms with Crippen molar-refractivity contribution in [1.29, 1.82) is 0 Å². The first-order valence-corrected chi connectivity index (χ1v) is 5.78. The monoisotopic (exact) mass is 224 g/mol. The lowest BCUT2D eigenvalue weighted by Crippen LogP contribution is -2.06. The maximum absolute atomic E-state index is 11.1. The van der Waals surface area contributed by atoms with E-state index >= 15 is 0 Å². The summed E-state index contributed by atoms with van der Waals surface area (Å²) in [7, 11) is -0.964. The molecule has 0 aliphatic carbocycles. The predicted octanol–water partition coefficient (Wildman–Crippen LogP) is 1.18. The van der Waals surface area contributed by atoms with Gasteiger partial charge in [-0.15, -0.1) is 0 Å². The van der Waals surface area contributed by atoms with Crippen molar-refractivity contribution < 1.29 is 9.42 Å². The van der Waals surface area contributed by atoms with Crippen LogP contribution in [-0.4, -0.2) is 21.5 Å². The number of oxime groups is 1. The standard InChI is InChI=1S/C10H12N2O2S/c1-15(14)9-5-2-8(3-6-9)4-7-10(11)12-13/h2-7,13H,1H3,(H2,11,12)/b7-4+. The van der Waals surface area contributed by atoms with Gasteiger partial charge in [0.1, 0.15) is 0 Å². The molecule has 0 saturated heterocycles. The molecular formula is C10H12N2O2S. The van der Waals surface area contributed by atoms with E-state index in [1.807, 2.05) is 12.1 Å². The Bertz CT molecular complexity index is 410. The number of benzene rings is 1. The van der Waals surface area contributed by atoms with Crippen molar-refractivity contribution in [1.82, 2.24) is 0 Å². The first-order chi connectivity index (χ1) is 7.13. The third kappa shape index (κ3) is 3.55. The molecule has 0 aliphatic heterocycles. The molecule has 0 radical (unpaired) electrons. The van der Waals surface area contributed by atoms with Crippen molar-refractivity contribution in [3.05, 3.63) is 35.9 Å². The van der Waals surface area contributed by atoms with Crippen molar-refractivity contribution >= 4 is 22.7 Å². The maximum Gasteiger partial charge on any atom is 0.162 e. The largest absolute Gasteiger partial charge is 0.409 e. The van der Waals surface area contributed by atoms with Crippen LogP contribution in [0.25, 0.3) is 6.08 Å². The molecule has 0 spiro atoms. The van der Waals surface area contributed by atoms with Gasteiger partial charge in [-0.3, -0.25) is 4.21 Å². The molecule has 0 saturated carbocycles. The van der Waals surface area contributed by atoms with E-state index in [0.717, 1.165) is 10.5 Å².